The summed E-state index contributed by atoms with van der Waals surface area (Å²) in [5.41, 5.74) is 0.965. The molecule has 2 aromatic carbocycles. The number of carbonyl (C=O) groups is 2. The van der Waals surface area contributed by atoms with Gasteiger partial charge in [0.05, 0.1) is 5.56 Å². The van der Waals surface area contributed by atoms with Gasteiger partial charge in [-0.25, -0.2) is 0 Å². The molecule has 3 rings (SSSR count). The molecule has 142 valence electrons. The molecule has 1 aliphatic rings. The molecule has 0 aromatic heterocycles. The zero-order valence-electron chi connectivity index (χ0n) is 14.9. The van der Waals surface area contributed by atoms with Crippen molar-refractivity contribution in [3.8, 4) is 0 Å². The predicted molar refractivity (Wildman–Crippen MR) is 96.3 cm³/mol. The van der Waals surface area contributed by atoms with Gasteiger partial charge in [-0.1, -0.05) is 6.07 Å². The summed E-state index contributed by atoms with van der Waals surface area (Å²) in [6.45, 7) is 3.88. The summed E-state index contributed by atoms with van der Waals surface area (Å²) in [6.07, 6.45) is -3.64. The quantitative estimate of drug-likeness (QED) is 0.762. The molecule has 0 aliphatic heterocycles. The maximum Gasteiger partial charge on any atom is 0.416 e. The van der Waals surface area contributed by atoms with Gasteiger partial charge in [-0.3, -0.25) is 9.59 Å². The topological polar surface area (TPSA) is 58.2 Å². The Bertz CT molecular complexity index is 885. The molecule has 2 aromatic rings. The highest BCUT2D eigenvalue weighted by atomic mass is 19.4. The summed E-state index contributed by atoms with van der Waals surface area (Å²) in [5, 5.41) is 5.30. The maximum atomic E-state index is 12.6. The standard InChI is InChI=1S/C20H19F3N2O2/c1-12-3-6-16(11-13(12)2)25-18(27)19(9-10-19)17(26)24-15-7-4-14(5-8-15)20(21,22)23/h3-8,11H,9-10H2,1-2H3,(H,24,26)(H,25,27). The number of anilines is 2. The molecular weight excluding hydrogens is 357 g/mol. The first-order chi connectivity index (χ1) is 12.6. The van der Waals surface area contributed by atoms with E-state index in [0.717, 1.165) is 23.3 Å². The summed E-state index contributed by atoms with van der Waals surface area (Å²) in [4.78, 5) is 25.1. The first kappa shape index (κ1) is 18.9. The first-order valence-corrected chi connectivity index (χ1v) is 8.49. The third-order valence-electron chi connectivity index (χ3n) is 4.85. The van der Waals surface area contributed by atoms with E-state index in [4.69, 9.17) is 0 Å². The smallest absolute Gasteiger partial charge is 0.325 e. The number of hydrogen-bond donors (Lipinski definition) is 2. The lowest BCUT2D eigenvalue weighted by Gasteiger charge is -2.16. The largest absolute Gasteiger partial charge is 0.416 e. The second-order valence-corrected chi connectivity index (χ2v) is 6.86. The van der Waals surface area contributed by atoms with Crippen molar-refractivity contribution in [1.82, 2.24) is 0 Å². The van der Waals surface area contributed by atoms with Crippen molar-refractivity contribution in [1.29, 1.82) is 0 Å². The number of nitrogens with one attached hydrogen (secondary N) is 2. The molecule has 1 fully saturated rings. The molecule has 0 radical (unpaired) electrons. The van der Waals surface area contributed by atoms with Crippen LogP contribution in [0.2, 0.25) is 0 Å². The number of amides is 2. The van der Waals surface area contributed by atoms with E-state index in [0.29, 0.717) is 18.5 Å². The van der Waals surface area contributed by atoms with Crippen LogP contribution in [0.1, 0.15) is 29.5 Å². The minimum Gasteiger partial charge on any atom is -0.325 e. The summed E-state index contributed by atoms with van der Waals surface area (Å²) in [5.74, 6) is -0.918. The van der Waals surface area contributed by atoms with Gasteiger partial charge in [-0.2, -0.15) is 13.2 Å². The van der Waals surface area contributed by atoms with E-state index in [1.807, 2.05) is 26.0 Å². The number of hydrogen-bond acceptors (Lipinski definition) is 2. The Morgan fingerprint density at radius 2 is 1.37 bits per heavy atom. The van der Waals surface area contributed by atoms with Gasteiger partial charge in [-0.05, 0) is 74.2 Å². The Balaban J connectivity index is 1.68. The van der Waals surface area contributed by atoms with Crippen LogP contribution in [-0.4, -0.2) is 11.8 Å². The highest BCUT2D eigenvalue weighted by Crippen LogP contribution is 2.47. The average molecular weight is 376 g/mol. The van der Waals surface area contributed by atoms with Crippen LogP contribution in [0, 0.1) is 19.3 Å². The number of rotatable bonds is 4. The van der Waals surface area contributed by atoms with E-state index in [2.05, 4.69) is 10.6 Å². The fourth-order valence-electron chi connectivity index (χ4n) is 2.75. The first-order valence-electron chi connectivity index (χ1n) is 8.49. The van der Waals surface area contributed by atoms with Gasteiger partial charge in [0.1, 0.15) is 5.41 Å². The van der Waals surface area contributed by atoms with Gasteiger partial charge in [-0.15, -0.1) is 0 Å². The Morgan fingerprint density at radius 3 is 1.85 bits per heavy atom. The minimum atomic E-state index is -4.44. The van der Waals surface area contributed by atoms with Crippen LogP contribution in [-0.2, 0) is 15.8 Å². The molecule has 4 nitrogen and oxygen atoms in total. The van der Waals surface area contributed by atoms with Crippen LogP contribution in [0.4, 0.5) is 24.5 Å². The minimum absolute atomic E-state index is 0.221. The lowest BCUT2D eigenvalue weighted by atomic mass is 10.0. The van der Waals surface area contributed by atoms with Crippen molar-refractivity contribution in [2.24, 2.45) is 5.41 Å². The van der Waals surface area contributed by atoms with Gasteiger partial charge in [0.25, 0.3) is 0 Å². The number of carbonyl (C=O) groups excluding carboxylic acids is 2. The van der Waals surface area contributed by atoms with Gasteiger partial charge >= 0.3 is 6.18 Å². The molecule has 0 atom stereocenters. The molecule has 0 spiro atoms. The lowest BCUT2D eigenvalue weighted by Crippen LogP contribution is -2.35. The summed E-state index contributed by atoms with van der Waals surface area (Å²) >= 11 is 0. The van der Waals surface area contributed by atoms with Crippen LogP contribution in [0.3, 0.4) is 0 Å². The Labute approximate surface area is 154 Å². The molecule has 0 bridgehead atoms. The highest BCUT2D eigenvalue weighted by molar-refractivity contribution is 6.16. The Morgan fingerprint density at radius 1 is 0.852 bits per heavy atom. The van der Waals surface area contributed by atoms with Gasteiger partial charge in [0, 0.05) is 11.4 Å². The molecule has 0 heterocycles. The Hall–Kier alpha value is -2.83. The lowest BCUT2D eigenvalue weighted by molar-refractivity contribution is -0.137. The van der Waals surface area contributed by atoms with Gasteiger partial charge < -0.3 is 10.6 Å². The van der Waals surface area contributed by atoms with E-state index >= 15 is 0 Å². The number of benzene rings is 2. The van der Waals surface area contributed by atoms with Gasteiger partial charge in [0.2, 0.25) is 11.8 Å². The third kappa shape index (κ3) is 3.97. The normalized spacial score (nSPS) is 15.1. The maximum absolute atomic E-state index is 12.6. The second-order valence-electron chi connectivity index (χ2n) is 6.86. The van der Waals surface area contributed by atoms with E-state index < -0.39 is 29.0 Å². The molecular formula is C20H19F3N2O2. The molecule has 0 unspecified atom stereocenters. The molecule has 1 saturated carbocycles. The molecule has 1 aliphatic carbocycles. The van der Waals surface area contributed by atoms with E-state index in [1.165, 1.54) is 12.1 Å². The van der Waals surface area contributed by atoms with E-state index in [9.17, 15) is 22.8 Å². The predicted octanol–water partition coefficient (Wildman–Crippen LogP) is 4.68. The molecule has 2 amide bonds. The summed E-state index contributed by atoms with van der Waals surface area (Å²) in [7, 11) is 0. The van der Waals surface area contributed by atoms with Crippen molar-refractivity contribution >= 4 is 23.2 Å². The van der Waals surface area contributed by atoms with Crippen LogP contribution in [0.15, 0.2) is 42.5 Å². The second kappa shape index (κ2) is 6.72. The monoisotopic (exact) mass is 376 g/mol. The van der Waals surface area contributed by atoms with E-state index in [-0.39, 0.29) is 5.69 Å². The zero-order valence-corrected chi connectivity index (χ0v) is 14.9. The van der Waals surface area contributed by atoms with Crippen molar-refractivity contribution in [3.05, 3.63) is 59.2 Å². The van der Waals surface area contributed by atoms with Crippen molar-refractivity contribution in [2.75, 3.05) is 10.6 Å². The molecule has 0 saturated heterocycles. The van der Waals surface area contributed by atoms with Crippen molar-refractivity contribution in [3.63, 3.8) is 0 Å². The number of halogens is 3. The van der Waals surface area contributed by atoms with Crippen LogP contribution >= 0.6 is 0 Å². The van der Waals surface area contributed by atoms with Crippen molar-refractivity contribution in [2.45, 2.75) is 32.9 Å². The van der Waals surface area contributed by atoms with Crippen LogP contribution in [0.25, 0.3) is 0 Å². The third-order valence-corrected chi connectivity index (χ3v) is 4.85. The average Bonchev–Trinajstić information content (AvgIpc) is 3.40. The SMILES string of the molecule is Cc1ccc(NC(=O)C2(C(=O)Nc3ccc(C(F)(F)F)cc3)CC2)cc1C. The van der Waals surface area contributed by atoms with Crippen LogP contribution in [0.5, 0.6) is 0 Å². The van der Waals surface area contributed by atoms with Crippen molar-refractivity contribution < 1.29 is 22.8 Å². The molecule has 7 heteroatoms. The fraction of sp³-hybridized carbons (Fsp3) is 0.300. The fourth-order valence-corrected chi connectivity index (χ4v) is 2.75. The molecule has 2 N–H and O–H groups in total. The highest BCUT2D eigenvalue weighted by Gasteiger charge is 2.56. The number of alkyl halides is 3. The zero-order chi connectivity index (χ0) is 19.8. The Kier molecular flexibility index (Phi) is 4.71. The summed E-state index contributed by atoms with van der Waals surface area (Å²) < 4.78 is 37.8. The molecule has 27 heavy (non-hydrogen) atoms. The summed E-state index contributed by atoms with van der Waals surface area (Å²) in [6, 6.07) is 9.62. The van der Waals surface area contributed by atoms with Crippen LogP contribution < -0.4 is 10.6 Å². The van der Waals surface area contributed by atoms with Gasteiger partial charge in [0.15, 0.2) is 0 Å². The van der Waals surface area contributed by atoms with E-state index in [1.54, 1.807) is 6.07 Å². The number of aryl methyl sites for hydroxylation is 2.